The van der Waals surface area contributed by atoms with E-state index >= 15 is 0 Å². The number of fused-ring (bicyclic) bond motifs is 1. The number of carbonyl (C=O) groups excluding carboxylic acids is 1. The van der Waals surface area contributed by atoms with E-state index in [2.05, 4.69) is 22.2 Å². The zero-order valence-corrected chi connectivity index (χ0v) is 15.2. The number of hydrogen-bond acceptors (Lipinski definition) is 5. The Morgan fingerprint density at radius 3 is 2.88 bits per heavy atom. The Balaban J connectivity index is 1.57. The number of nitrogens with zero attached hydrogens (tertiary/aromatic N) is 3. The standard InChI is InChI=1S/C18H22N4O2S/c1-12(18-20-13(2)11-25-18)9-19-17(24)7-8-22-15-6-4-3-5-14(15)21-16(22)10-23/h3-6,11-12,23H,7-10H2,1-2H3,(H,19,24). The summed E-state index contributed by atoms with van der Waals surface area (Å²) >= 11 is 1.62. The first-order valence-corrected chi connectivity index (χ1v) is 9.20. The van der Waals surface area contributed by atoms with Gasteiger partial charge < -0.3 is 15.0 Å². The average Bonchev–Trinajstić information content (AvgIpc) is 3.21. The molecule has 0 radical (unpaired) electrons. The summed E-state index contributed by atoms with van der Waals surface area (Å²) in [6, 6.07) is 7.70. The molecule has 1 aromatic carbocycles. The highest BCUT2D eigenvalue weighted by Gasteiger charge is 2.13. The molecule has 7 heteroatoms. The number of aromatic nitrogens is 3. The van der Waals surface area contributed by atoms with Gasteiger partial charge in [0.2, 0.25) is 5.91 Å². The second kappa shape index (κ2) is 7.76. The molecule has 3 rings (SSSR count). The SMILES string of the molecule is Cc1csc(C(C)CNC(=O)CCn2c(CO)nc3ccccc32)n1. The Morgan fingerprint density at radius 1 is 1.36 bits per heavy atom. The maximum Gasteiger partial charge on any atom is 0.221 e. The van der Waals surface area contributed by atoms with Crippen LogP contribution in [0, 0.1) is 6.92 Å². The van der Waals surface area contributed by atoms with Crippen molar-refractivity contribution in [3.05, 3.63) is 46.2 Å². The minimum absolute atomic E-state index is 0.0122. The van der Waals surface area contributed by atoms with Gasteiger partial charge in [0, 0.05) is 36.5 Å². The first-order chi connectivity index (χ1) is 12.1. The van der Waals surface area contributed by atoms with Crippen LogP contribution in [0.15, 0.2) is 29.6 Å². The summed E-state index contributed by atoms with van der Waals surface area (Å²) in [4.78, 5) is 21.0. The lowest BCUT2D eigenvalue weighted by Crippen LogP contribution is -2.28. The molecule has 0 saturated heterocycles. The minimum atomic E-state index is -0.142. The van der Waals surface area contributed by atoms with Crippen LogP contribution >= 0.6 is 11.3 Å². The monoisotopic (exact) mass is 358 g/mol. The summed E-state index contributed by atoms with van der Waals surface area (Å²) in [5.41, 5.74) is 2.78. The number of benzene rings is 1. The lowest BCUT2D eigenvalue weighted by atomic mass is 10.2. The van der Waals surface area contributed by atoms with E-state index in [1.165, 1.54) is 0 Å². The van der Waals surface area contributed by atoms with Gasteiger partial charge in [-0.05, 0) is 19.1 Å². The number of amides is 1. The van der Waals surface area contributed by atoms with E-state index in [-0.39, 0.29) is 18.4 Å². The van der Waals surface area contributed by atoms with Gasteiger partial charge in [-0.3, -0.25) is 4.79 Å². The molecule has 0 aliphatic carbocycles. The van der Waals surface area contributed by atoms with Gasteiger partial charge in [0.15, 0.2) is 0 Å². The average molecular weight is 358 g/mol. The van der Waals surface area contributed by atoms with E-state index in [1.807, 2.05) is 41.1 Å². The predicted octanol–water partition coefficient (Wildman–Crippen LogP) is 2.60. The molecule has 0 fully saturated rings. The molecular weight excluding hydrogens is 336 g/mol. The van der Waals surface area contributed by atoms with E-state index < -0.39 is 0 Å². The van der Waals surface area contributed by atoms with E-state index in [0.717, 1.165) is 21.7 Å². The predicted molar refractivity (Wildman–Crippen MR) is 98.5 cm³/mol. The number of nitrogens with one attached hydrogen (secondary N) is 1. The number of thiazole rings is 1. The number of aryl methyl sites for hydroxylation is 2. The number of aliphatic hydroxyl groups is 1. The molecule has 6 nitrogen and oxygen atoms in total. The van der Waals surface area contributed by atoms with Crippen LogP contribution in [0.1, 0.15) is 35.8 Å². The molecule has 2 heterocycles. The lowest BCUT2D eigenvalue weighted by Gasteiger charge is -2.11. The van der Waals surface area contributed by atoms with Crippen molar-refractivity contribution in [1.82, 2.24) is 19.9 Å². The van der Waals surface area contributed by atoms with Crippen LogP contribution < -0.4 is 5.32 Å². The van der Waals surface area contributed by atoms with Gasteiger partial charge >= 0.3 is 0 Å². The topological polar surface area (TPSA) is 80.0 Å². The van der Waals surface area contributed by atoms with Crippen LogP contribution in [0.5, 0.6) is 0 Å². The second-order valence-electron chi connectivity index (χ2n) is 6.11. The van der Waals surface area contributed by atoms with Crippen molar-refractivity contribution in [3.63, 3.8) is 0 Å². The highest BCUT2D eigenvalue weighted by atomic mass is 32.1. The first-order valence-electron chi connectivity index (χ1n) is 8.32. The van der Waals surface area contributed by atoms with Crippen LogP contribution in [0.2, 0.25) is 0 Å². The third-order valence-electron chi connectivity index (χ3n) is 4.10. The summed E-state index contributed by atoms with van der Waals surface area (Å²) in [6.45, 7) is 4.96. The highest BCUT2D eigenvalue weighted by molar-refractivity contribution is 7.09. The van der Waals surface area contributed by atoms with Gasteiger partial charge in [0.25, 0.3) is 0 Å². The molecule has 1 amide bonds. The Hall–Kier alpha value is -2.25. The smallest absolute Gasteiger partial charge is 0.221 e. The molecule has 132 valence electrons. The van der Waals surface area contributed by atoms with E-state index in [1.54, 1.807) is 11.3 Å². The molecule has 0 spiro atoms. The number of carbonyl (C=O) groups is 1. The molecule has 0 bridgehead atoms. The molecule has 0 aliphatic heterocycles. The molecule has 0 saturated carbocycles. The number of imidazole rings is 1. The van der Waals surface area contributed by atoms with Gasteiger partial charge in [-0.15, -0.1) is 11.3 Å². The van der Waals surface area contributed by atoms with Gasteiger partial charge in [-0.25, -0.2) is 9.97 Å². The lowest BCUT2D eigenvalue weighted by molar-refractivity contribution is -0.121. The summed E-state index contributed by atoms with van der Waals surface area (Å²) in [5, 5.41) is 15.5. The van der Waals surface area contributed by atoms with Crippen LogP contribution in [-0.4, -0.2) is 32.1 Å². The van der Waals surface area contributed by atoms with E-state index in [4.69, 9.17) is 0 Å². The molecule has 25 heavy (non-hydrogen) atoms. The van der Waals surface area contributed by atoms with Gasteiger partial charge in [-0.1, -0.05) is 19.1 Å². The Kier molecular flexibility index (Phi) is 5.45. The molecule has 2 aromatic heterocycles. The summed E-state index contributed by atoms with van der Waals surface area (Å²) in [6.07, 6.45) is 0.344. The van der Waals surface area contributed by atoms with Crippen molar-refractivity contribution in [2.75, 3.05) is 6.54 Å². The van der Waals surface area contributed by atoms with Gasteiger partial charge in [-0.2, -0.15) is 0 Å². The summed E-state index contributed by atoms with van der Waals surface area (Å²) in [7, 11) is 0. The number of rotatable bonds is 7. The maximum atomic E-state index is 12.2. The Morgan fingerprint density at radius 2 is 2.16 bits per heavy atom. The van der Waals surface area contributed by atoms with Crippen LogP contribution in [-0.2, 0) is 17.9 Å². The van der Waals surface area contributed by atoms with Crippen molar-refractivity contribution in [3.8, 4) is 0 Å². The van der Waals surface area contributed by atoms with Crippen molar-refractivity contribution < 1.29 is 9.90 Å². The molecule has 1 atom stereocenters. The molecule has 0 aliphatic rings. The number of hydrogen-bond donors (Lipinski definition) is 2. The summed E-state index contributed by atoms with van der Waals surface area (Å²) in [5.74, 6) is 0.771. The quantitative estimate of drug-likeness (QED) is 0.680. The van der Waals surface area contributed by atoms with Crippen LogP contribution in [0.25, 0.3) is 11.0 Å². The van der Waals surface area contributed by atoms with Crippen LogP contribution in [0.3, 0.4) is 0 Å². The minimum Gasteiger partial charge on any atom is -0.388 e. The Labute approximate surface area is 150 Å². The fourth-order valence-corrected chi connectivity index (χ4v) is 3.61. The maximum absolute atomic E-state index is 12.2. The zero-order valence-electron chi connectivity index (χ0n) is 14.4. The molecular formula is C18H22N4O2S. The molecule has 1 unspecified atom stereocenters. The number of para-hydroxylation sites is 2. The molecule has 2 N–H and O–H groups in total. The zero-order chi connectivity index (χ0) is 17.8. The third kappa shape index (κ3) is 4.05. The van der Waals surface area contributed by atoms with E-state index in [0.29, 0.717) is 25.3 Å². The first kappa shape index (κ1) is 17.6. The second-order valence-corrected chi connectivity index (χ2v) is 7.00. The van der Waals surface area contributed by atoms with Gasteiger partial charge in [0.1, 0.15) is 12.4 Å². The Bertz CT molecular complexity index is 871. The highest BCUT2D eigenvalue weighted by Crippen LogP contribution is 2.19. The fraction of sp³-hybridized carbons (Fsp3) is 0.389. The fourth-order valence-electron chi connectivity index (χ4n) is 2.75. The van der Waals surface area contributed by atoms with Crippen molar-refractivity contribution in [1.29, 1.82) is 0 Å². The van der Waals surface area contributed by atoms with Crippen molar-refractivity contribution in [2.45, 2.75) is 39.3 Å². The normalized spacial score (nSPS) is 12.4. The van der Waals surface area contributed by atoms with E-state index in [9.17, 15) is 9.90 Å². The third-order valence-corrected chi connectivity index (χ3v) is 5.30. The van der Waals surface area contributed by atoms with Crippen LogP contribution in [0.4, 0.5) is 0 Å². The van der Waals surface area contributed by atoms with Gasteiger partial charge in [0.05, 0.1) is 16.0 Å². The van der Waals surface area contributed by atoms with Crippen molar-refractivity contribution >= 4 is 28.3 Å². The molecule has 3 aromatic rings. The largest absolute Gasteiger partial charge is 0.388 e. The summed E-state index contributed by atoms with van der Waals surface area (Å²) < 4.78 is 1.91. The number of aliphatic hydroxyl groups excluding tert-OH is 1. The van der Waals surface area contributed by atoms with Crippen molar-refractivity contribution in [2.24, 2.45) is 0 Å².